The molecule has 1 saturated carbocycles. The SMILES string of the molecule is O=C(O)c1ccccc1-c1ccc(Cn2c(C3CCCCC3)nc3c(O)nnc(O)c32)cc1. The highest BCUT2D eigenvalue weighted by Crippen LogP contribution is 2.37. The lowest BCUT2D eigenvalue weighted by Gasteiger charge is -2.22. The van der Waals surface area contributed by atoms with Gasteiger partial charge in [-0.05, 0) is 35.6 Å². The Hall–Kier alpha value is -3.94. The van der Waals surface area contributed by atoms with Crippen molar-refractivity contribution in [1.29, 1.82) is 0 Å². The molecule has 8 nitrogen and oxygen atoms in total. The lowest BCUT2D eigenvalue weighted by Crippen LogP contribution is -2.13. The predicted molar refractivity (Wildman–Crippen MR) is 122 cm³/mol. The van der Waals surface area contributed by atoms with Crippen LogP contribution in [0.5, 0.6) is 11.8 Å². The van der Waals surface area contributed by atoms with Crippen LogP contribution in [0.25, 0.3) is 22.2 Å². The zero-order chi connectivity index (χ0) is 22.9. The number of aromatic nitrogens is 4. The van der Waals surface area contributed by atoms with Crippen LogP contribution in [-0.4, -0.2) is 41.0 Å². The van der Waals surface area contributed by atoms with Gasteiger partial charge in [0.25, 0.3) is 11.8 Å². The maximum atomic E-state index is 11.6. The number of carbonyl (C=O) groups is 1. The van der Waals surface area contributed by atoms with Crippen LogP contribution in [0.2, 0.25) is 0 Å². The Bertz CT molecular complexity index is 1320. The minimum Gasteiger partial charge on any atom is -0.491 e. The molecule has 33 heavy (non-hydrogen) atoms. The Kier molecular flexibility index (Phi) is 5.42. The molecule has 8 heteroatoms. The van der Waals surface area contributed by atoms with E-state index in [0.29, 0.717) is 17.6 Å². The average Bonchev–Trinajstić information content (AvgIpc) is 3.23. The summed E-state index contributed by atoms with van der Waals surface area (Å²) in [6.45, 7) is 0.432. The van der Waals surface area contributed by atoms with E-state index in [-0.39, 0.29) is 28.8 Å². The van der Waals surface area contributed by atoms with Crippen LogP contribution in [0, 0.1) is 0 Å². The Morgan fingerprint density at radius 1 is 0.939 bits per heavy atom. The van der Waals surface area contributed by atoms with Crippen LogP contribution in [0.4, 0.5) is 0 Å². The van der Waals surface area contributed by atoms with Gasteiger partial charge >= 0.3 is 5.97 Å². The first kappa shape index (κ1) is 20.9. The van der Waals surface area contributed by atoms with Crippen molar-refractivity contribution >= 4 is 17.0 Å². The summed E-state index contributed by atoms with van der Waals surface area (Å²) in [6, 6.07) is 14.6. The molecule has 0 radical (unpaired) electrons. The van der Waals surface area contributed by atoms with Crippen molar-refractivity contribution in [3.8, 4) is 22.9 Å². The van der Waals surface area contributed by atoms with Crippen LogP contribution in [0.3, 0.4) is 0 Å². The number of benzene rings is 2. The molecule has 0 amide bonds. The van der Waals surface area contributed by atoms with E-state index >= 15 is 0 Å². The molecule has 2 aromatic heterocycles. The molecule has 3 N–H and O–H groups in total. The second-order valence-electron chi connectivity index (χ2n) is 8.48. The topological polar surface area (TPSA) is 121 Å². The van der Waals surface area contributed by atoms with Gasteiger partial charge in [0, 0.05) is 12.5 Å². The fourth-order valence-electron chi connectivity index (χ4n) is 4.77. The highest BCUT2D eigenvalue weighted by atomic mass is 16.4. The molecule has 0 unspecified atom stereocenters. The van der Waals surface area contributed by atoms with E-state index in [0.717, 1.165) is 42.6 Å². The van der Waals surface area contributed by atoms with Gasteiger partial charge in [0.05, 0.1) is 5.56 Å². The summed E-state index contributed by atoms with van der Waals surface area (Å²) >= 11 is 0. The second-order valence-corrected chi connectivity index (χ2v) is 8.48. The molecule has 0 atom stereocenters. The summed E-state index contributed by atoms with van der Waals surface area (Å²) in [5, 5.41) is 37.5. The van der Waals surface area contributed by atoms with Crippen molar-refractivity contribution in [3.05, 3.63) is 65.5 Å². The molecule has 0 aliphatic heterocycles. The number of carboxylic acid groups (broad SMARTS) is 1. The van der Waals surface area contributed by atoms with E-state index < -0.39 is 5.97 Å². The van der Waals surface area contributed by atoms with Crippen LogP contribution >= 0.6 is 0 Å². The molecule has 0 spiro atoms. The van der Waals surface area contributed by atoms with Crippen LogP contribution in [0.1, 0.15) is 59.8 Å². The Morgan fingerprint density at radius 2 is 1.64 bits per heavy atom. The van der Waals surface area contributed by atoms with Crippen molar-refractivity contribution in [2.24, 2.45) is 0 Å². The van der Waals surface area contributed by atoms with Gasteiger partial charge in [0.1, 0.15) is 11.3 Å². The normalized spacial score (nSPS) is 14.5. The highest BCUT2D eigenvalue weighted by Gasteiger charge is 2.26. The third-order valence-corrected chi connectivity index (χ3v) is 6.39. The smallest absolute Gasteiger partial charge is 0.336 e. The molecule has 5 rings (SSSR count). The van der Waals surface area contributed by atoms with Crippen molar-refractivity contribution in [3.63, 3.8) is 0 Å². The average molecular weight is 444 g/mol. The minimum atomic E-state index is -0.965. The van der Waals surface area contributed by atoms with E-state index in [1.165, 1.54) is 6.42 Å². The van der Waals surface area contributed by atoms with Crippen LogP contribution in [0.15, 0.2) is 48.5 Å². The van der Waals surface area contributed by atoms with Gasteiger partial charge in [-0.25, -0.2) is 9.78 Å². The van der Waals surface area contributed by atoms with Crippen molar-refractivity contribution in [2.75, 3.05) is 0 Å². The van der Waals surface area contributed by atoms with Crippen molar-refractivity contribution < 1.29 is 20.1 Å². The summed E-state index contributed by atoms with van der Waals surface area (Å²) in [6.07, 6.45) is 5.48. The van der Waals surface area contributed by atoms with Gasteiger partial charge in [-0.3, -0.25) is 0 Å². The summed E-state index contributed by atoms with van der Waals surface area (Å²) in [7, 11) is 0. The fraction of sp³-hybridized carbons (Fsp3) is 0.280. The monoisotopic (exact) mass is 444 g/mol. The summed E-state index contributed by atoms with van der Waals surface area (Å²) < 4.78 is 1.93. The molecule has 1 aliphatic carbocycles. The van der Waals surface area contributed by atoms with Crippen LogP contribution < -0.4 is 0 Å². The molecule has 4 aromatic rings. The highest BCUT2D eigenvalue weighted by molar-refractivity contribution is 5.96. The number of aromatic carboxylic acids is 1. The number of nitrogens with zero attached hydrogens (tertiary/aromatic N) is 4. The molecule has 0 saturated heterocycles. The Morgan fingerprint density at radius 3 is 2.36 bits per heavy atom. The fourth-order valence-corrected chi connectivity index (χ4v) is 4.77. The number of hydrogen-bond acceptors (Lipinski definition) is 6. The summed E-state index contributed by atoms with van der Waals surface area (Å²) in [5.41, 5.74) is 3.32. The molecule has 1 fully saturated rings. The maximum absolute atomic E-state index is 11.6. The van der Waals surface area contributed by atoms with Gasteiger partial charge in [-0.1, -0.05) is 61.7 Å². The number of imidazole rings is 1. The zero-order valence-electron chi connectivity index (χ0n) is 18.0. The molecule has 2 aromatic carbocycles. The van der Waals surface area contributed by atoms with Crippen molar-refractivity contribution in [1.82, 2.24) is 19.7 Å². The standard InChI is InChI=1S/C25H24N4O4/c30-23-20-21(24(31)28-27-23)29(22(26-20)17-6-2-1-3-7-17)14-15-10-12-16(13-11-15)18-8-4-5-9-19(18)25(32)33/h4-5,8-13,17H,1-3,6-7,14H2,(H,27,30)(H,28,31)(H,32,33). The van der Waals surface area contributed by atoms with Gasteiger partial charge < -0.3 is 19.9 Å². The quantitative estimate of drug-likeness (QED) is 0.408. The first-order valence-corrected chi connectivity index (χ1v) is 11.1. The van der Waals surface area contributed by atoms with E-state index in [4.69, 9.17) is 0 Å². The number of hydrogen-bond donors (Lipinski definition) is 3. The number of fused-ring (bicyclic) bond motifs is 1. The molecule has 2 heterocycles. The first-order chi connectivity index (χ1) is 16.0. The van der Waals surface area contributed by atoms with E-state index in [2.05, 4.69) is 15.2 Å². The maximum Gasteiger partial charge on any atom is 0.336 e. The molecular formula is C25H24N4O4. The number of aromatic hydroxyl groups is 2. The Balaban J connectivity index is 1.54. The van der Waals surface area contributed by atoms with Gasteiger partial charge in [0.15, 0.2) is 5.52 Å². The third-order valence-electron chi connectivity index (χ3n) is 6.39. The zero-order valence-corrected chi connectivity index (χ0v) is 18.0. The number of rotatable bonds is 5. The van der Waals surface area contributed by atoms with E-state index in [1.54, 1.807) is 18.2 Å². The lowest BCUT2D eigenvalue weighted by molar-refractivity contribution is 0.0697. The van der Waals surface area contributed by atoms with Crippen molar-refractivity contribution in [2.45, 2.75) is 44.6 Å². The van der Waals surface area contributed by atoms with Gasteiger partial charge in [-0.2, -0.15) is 0 Å². The number of carboxylic acids is 1. The summed E-state index contributed by atoms with van der Waals surface area (Å²) in [5.74, 6) is -0.450. The van der Waals surface area contributed by atoms with E-state index in [1.807, 2.05) is 34.9 Å². The minimum absolute atomic E-state index is 0.242. The molecule has 168 valence electrons. The predicted octanol–water partition coefficient (Wildman–Crippen LogP) is 4.70. The first-order valence-electron chi connectivity index (χ1n) is 11.1. The largest absolute Gasteiger partial charge is 0.491 e. The second kappa shape index (κ2) is 8.54. The van der Waals surface area contributed by atoms with Crippen LogP contribution in [-0.2, 0) is 6.54 Å². The van der Waals surface area contributed by atoms with Gasteiger partial charge in [-0.15, -0.1) is 10.2 Å². The summed E-state index contributed by atoms with van der Waals surface area (Å²) in [4.78, 5) is 16.3. The molecule has 0 bridgehead atoms. The van der Waals surface area contributed by atoms with E-state index in [9.17, 15) is 20.1 Å². The molecular weight excluding hydrogens is 420 g/mol. The Labute approximate surface area is 190 Å². The lowest BCUT2D eigenvalue weighted by atomic mass is 9.88. The van der Waals surface area contributed by atoms with Gasteiger partial charge in [0.2, 0.25) is 0 Å². The third kappa shape index (κ3) is 3.88. The molecule has 1 aliphatic rings.